The van der Waals surface area contributed by atoms with Crippen LogP contribution in [0.2, 0.25) is 0 Å². The van der Waals surface area contributed by atoms with E-state index in [1.807, 2.05) is 11.9 Å². The van der Waals surface area contributed by atoms with Crippen LogP contribution in [0.4, 0.5) is 0 Å². The average molecular weight is 200 g/mol. The minimum Gasteiger partial charge on any atom is -0.481 e. The third-order valence-electron chi connectivity index (χ3n) is 2.63. The van der Waals surface area contributed by atoms with Gasteiger partial charge in [-0.25, -0.2) is 0 Å². The second-order valence-electron chi connectivity index (χ2n) is 3.70. The van der Waals surface area contributed by atoms with Gasteiger partial charge in [0.25, 0.3) is 0 Å². The minimum absolute atomic E-state index is 0.0217. The van der Waals surface area contributed by atoms with Crippen molar-refractivity contribution in [1.82, 2.24) is 9.80 Å². The van der Waals surface area contributed by atoms with Gasteiger partial charge >= 0.3 is 5.97 Å². The molecule has 0 aromatic carbocycles. The lowest BCUT2D eigenvalue weighted by Crippen LogP contribution is -2.53. The maximum Gasteiger partial charge on any atom is 0.305 e. The SMILES string of the molecule is CC(=O)N1CCN(C)C(CC(=O)O)C1. The summed E-state index contributed by atoms with van der Waals surface area (Å²) in [5, 5.41) is 8.68. The van der Waals surface area contributed by atoms with E-state index in [0.29, 0.717) is 13.1 Å². The van der Waals surface area contributed by atoms with Crippen LogP contribution in [0.1, 0.15) is 13.3 Å². The molecule has 1 amide bonds. The molecule has 5 nitrogen and oxygen atoms in total. The highest BCUT2D eigenvalue weighted by molar-refractivity contribution is 5.73. The van der Waals surface area contributed by atoms with E-state index in [1.165, 1.54) is 6.92 Å². The summed E-state index contributed by atoms with van der Waals surface area (Å²) in [7, 11) is 1.89. The number of carboxylic acid groups (broad SMARTS) is 1. The van der Waals surface area contributed by atoms with Crippen molar-refractivity contribution in [2.24, 2.45) is 0 Å². The normalized spacial score (nSPS) is 23.6. The lowest BCUT2D eigenvalue weighted by atomic mass is 10.1. The van der Waals surface area contributed by atoms with Gasteiger partial charge in [-0.05, 0) is 7.05 Å². The highest BCUT2D eigenvalue weighted by Crippen LogP contribution is 2.10. The van der Waals surface area contributed by atoms with E-state index in [9.17, 15) is 9.59 Å². The number of carbonyl (C=O) groups excluding carboxylic acids is 1. The molecule has 0 aliphatic carbocycles. The summed E-state index contributed by atoms with van der Waals surface area (Å²) in [6.07, 6.45) is 0.0975. The van der Waals surface area contributed by atoms with Gasteiger partial charge in [-0.2, -0.15) is 0 Å². The predicted octanol–water partition coefficient (Wildman–Crippen LogP) is -0.376. The monoisotopic (exact) mass is 200 g/mol. The Hall–Kier alpha value is -1.10. The quantitative estimate of drug-likeness (QED) is 0.660. The fourth-order valence-corrected chi connectivity index (χ4v) is 1.65. The Morgan fingerprint density at radius 1 is 1.43 bits per heavy atom. The van der Waals surface area contributed by atoms with Crippen molar-refractivity contribution in [3.63, 3.8) is 0 Å². The molecule has 1 rings (SSSR count). The molecule has 1 atom stereocenters. The van der Waals surface area contributed by atoms with Crippen molar-refractivity contribution in [3.8, 4) is 0 Å². The van der Waals surface area contributed by atoms with Crippen LogP contribution in [0.3, 0.4) is 0 Å². The van der Waals surface area contributed by atoms with Crippen molar-refractivity contribution in [2.75, 3.05) is 26.7 Å². The fraction of sp³-hybridized carbons (Fsp3) is 0.778. The molecule has 0 saturated carbocycles. The Kier molecular flexibility index (Phi) is 3.46. The molecule has 1 aliphatic rings. The second-order valence-corrected chi connectivity index (χ2v) is 3.70. The van der Waals surface area contributed by atoms with E-state index in [2.05, 4.69) is 0 Å². The number of carboxylic acids is 1. The largest absolute Gasteiger partial charge is 0.481 e. The van der Waals surface area contributed by atoms with E-state index >= 15 is 0 Å². The molecule has 1 aliphatic heterocycles. The Balaban J connectivity index is 2.55. The number of aliphatic carboxylic acids is 1. The number of hydrogen-bond donors (Lipinski definition) is 1. The zero-order valence-corrected chi connectivity index (χ0v) is 8.56. The first-order valence-corrected chi connectivity index (χ1v) is 4.68. The Morgan fingerprint density at radius 2 is 2.07 bits per heavy atom. The number of rotatable bonds is 2. The van der Waals surface area contributed by atoms with Gasteiger partial charge in [0.05, 0.1) is 6.42 Å². The minimum atomic E-state index is -0.813. The van der Waals surface area contributed by atoms with E-state index in [0.717, 1.165) is 6.54 Å². The second kappa shape index (κ2) is 4.41. The molecule has 14 heavy (non-hydrogen) atoms. The first-order valence-electron chi connectivity index (χ1n) is 4.68. The van der Waals surface area contributed by atoms with E-state index in [-0.39, 0.29) is 18.4 Å². The van der Waals surface area contributed by atoms with Gasteiger partial charge in [-0.1, -0.05) is 0 Å². The molecule has 0 radical (unpaired) electrons. The standard InChI is InChI=1S/C9H16N2O3/c1-7(12)11-4-3-10(2)8(6-11)5-9(13)14/h8H,3-6H2,1-2H3,(H,13,14). The summed E-state index contributed by atoms with van der Waals surface area (Å²) in [6, 6.07) is -0.0508. The molecule has 0 aromatic heterocycles. The maximum atomic E-state index is 11.1. The highest BCUT2D eigenvalue weighted by atomic mass is 16.4. The Labute approximate surface area is 83.3 Å². The van der Waals surface area contributed by atoms with Gasteiger partial charge in [-0.15, -0.1) is 0 Å². The zero-order valence-electron chi connectivity index (χ0n) is 8.56. The van der Waals surface area contributed by atoms with Crippen LogP contribution in [0.25, 0.3) is 0 Å². The maximum absolute atomic E-state index is 11.1. The van der Waals surface area contributed by atoms with E-state index < -0.39 is 5.97 Å². The van der Waals surface area contributed by atoms with Gasteiger partial charge in [0.15, 0.2) is 0 Å². The summed E-state index contributed by atoms with van der Waals surface area (Å²) in [4.78, 5) is 25.4. The molecule has 80 valence electrons. The van der Waals surface area contributed by atoms with Gasteiger partial charge in [-0.3, -0.25) is 14.5 Å². The van der Waals surface area contributed by atoms with Gasteiger partial charge in [0, 0.05) is 32.6 Å². The first kappa shape index (κ1) is 11.0. The molecule has 1 fully saturated rings. The molecule has 1 N–H and O–H groups in total. The number of hydrogen-bond acceptors (Lipinski definition) is 3. The number of nitrogens with zero attached hydrogens (tertiary/aromatic N) is 2. The number of piperazine rings is 1. The van der Waals surface area contributed by atoms with Crippen LogP contribution in [0, 0.1) is 0 Å². The number of amides is 1. The van der Waals surface area contributed by atoms with Crippen LogP contribution in [-0.4, -0.2) is 59.5 Å². The third-order valence-corrected chi connectivity index (χ3v) is 2.63. The van der Waals surface area contributed by atoms with Gasteiger partial charge in [0.2, 0.25) is 5.91 Å². The fourth-order valence-electron chi connectivity index (χ4n) is 1.65. The lowest BCUT2D eigenvalue weighted by Gasteiger charge is -2.38. The van der Waals surface area contributed by atoms with Gasteiger partial charge < -0.3 is 10.0 Å². The summed E-state index contributed by atoms with van der Waals surface area (Å²) in [5.41, 5.74) is 0. The molecule has 5 heteroatoms. The lowest BCUT2D eigenvalue weighted by molar-refractivity contribution is -0.141. The van der Waals surface area contributed by atoms with E-state index in [1.54, 1.807) is 4.90 Å². The molecule has 1 saturated heterocycles. The summed E-state index contributed by atoms with van der Waals surface area (Å²) in [6.45, 7) is 3.49. The van der Waals surface area contributed by atoms with Crippen molar-refractivity contribution in [1.29, 1.82) is 0 Å². The Bertz CT molecular complexity index is 242. The van der Waals surface area contributed by atoms with Crippen molar-refractivity contribution in [3.05, 3.63) is 0 Å². The van der Waals surface area contributed by atoms with Crippen molar-refractivity contribution in [2.45, 2.75) is 19.4 Å². The molecule has 0 spiro atoms. The number of likely N-dealkylation sites (N-methyl/N-ethyl adjacent to an activating group) is 1. The smallest absolute Gasteiger partial charge is 0.305 e. The number of carbonyl (C=O) groups is 2. The molecule has 1 unspecified atom stereocenters. The topological polar surface area (TPSA) is 60.9 Å². The molecule has 0 aromatic rings. The van der Waals surface area contributed by atoms with E-state index in [4.69, 9.17) is 5.11 Å². The highest BCUT2D eigenvalue weighted by Gasteiger charge is 2.27. The molecule has 0 bridgehead atoms. The van der Waals surface area contributed by atoms with Crippen LogP contribution >= 0.6 is 0 Å². The van der Waals surface area contributed by atoms with Crippen molar-refractivity contribution < 1.29 is 14.7 Å². The zero-order chi connectivity index (χ0) is 10.7. The summed E-state index contributed by atoms with van der Waals surface area (Å²) in [5.74, 6) is -0.791. The first-order chi connectivity index (χ1) is 6.50. The molecule has 1 heterocycles. The van der Waals surface area contributed by atoms with Crippen molar-refractivity contribution >= 4 is 11.9 Å². The van der Waals surface area contributed by atoms with Crippen LogP contribution < -0.4 is 0 Å². The summed E-state index contributed by atoms with van der Waals surface area (Å²) >= 11 is 0. The average Bonchev–Trinajstić information content (AvgIpc) is 2.07. The summed E-state index contributed by atoms with van der Waals surface area (Å²) < 4.78 is 0. The predicted molar refractivity (Wildman–Crippen MR) is 50.9 cm³/mol. The van der Waals surface area contributed by atoms with Crippen LogP contribution in [0.5, 0.6) is 0 Å². The van der Waals surface area contributed by atoms with Crippen LogP contribution in [0.15, 0.2) is 0 Å². The Morgan fingerprint density at radius 3 is 2.57 bits per heavy atom. The molecular formula is C9H16N2O3. The third kappa shape index (κ3) is 2.70. The van der Waals surface area contributed by atoms with Gasteiger partial charge in [0.1, 0.15) is 0 Å². The van der Waals surface area contributed by atoms with Crippen LogP contribution in [-0.2, 0) is 9.59 Å². The molecular weight excluding hydrogens is 184 g/mol.